The van der Waals surface area contributed by atoms with Crippen LogP contribution in [0.25, 0.3) is 0 Å². The van der Waals surface area contributed by atoms with Gasteiger partial charge < -0.3 is 15.2 Å². The Balaban J connectivity index is 1.67. The summed E-state index contributed by atoms with van der Waals surface area (Å²) in [4.78, 5) is 12.1. The van der Waals surface area contributed by atoms with E-state index in [0.29, 0.717) is 43.9 Å². The van der Waals surface area contributed by atoms with Crippen molar-refractivity contribution in [2.45, 2.75) is 6.61 Å². The zero-order valence-corrected chi connectivity index (χ0v) is 17.6. The molecule has 8 heteroatoms. The summed E-state index contributed by atoms with van der Waals surface area (Å²) in [6, 6.07) is 17.3. The lowest BCUT2D eigenvalue weighted by Crippen LogP contribution is -2.19. The number of nitrogens with zero attached hydrogens (tertiary/aromatic N) is 1. The van der Waals surface area contributed by atoms with Crippen molar-refractivity contribution in [1.82, 2.24) is 5.43 Å². The average molecular weight is 444 g/mol. The Morgan fingerprint density at radius 3 is 2.50 bits per heavy atom. The molecule has 30 heavy (non-hydrogen) atoms. The second-order valence-corrected chi connectivity index (χ2v) is 7.00. The van der Waals surface area contributed by atoms with Gasteiger partial charge in [0, 0.05) is 21.3 Å². The highest BCUT2D eigenvalue weighted by atomic mass is 35.5. The van der Waals surface area contributed by atoms with E-state index in [1.807, 2.05) is 0 Å². The maximum Gasteiger partial charge on any atom is 0.273 e. The van der Waals surface area contributed by atoms with Crippen LogP contribution in [0.15, 0.2) is 65.8 Å². The van der Waals surface area contributed by atoms with Crippen LogP contribution in [-0.4, -0.2) is 19.2 Å². The number of hydrogen-bond donors (Lipinski definition) is 2. The second kappa shape index (κ2) is 10.0. The van der Waals surface area contributed by atoms with Crippen molar-refractivity contribution in [2.24, 2.45) is 5.10 Å². The molecule has 0 aliphatic rings. The third kappa shape index (κ3) is 5.23. The first-order valence-electron chi connectivity index (χ1n) is 8.91. The normalized spacial score (nSPS) is 10.8. The Kier molecular flexibility index (Phi) is 7.17. The van der Waals surface area contributed by atoms with E-state index in [0.717, 1.165) is 0 Å². The van der Waals surface area contributed by atoms with Gasteiger partial charge in [-0.05, 0) is 48.0 Å². The van der Waals surface area contributed by atoms with Crippen molar-refractivity contribution in [3.05, 3.63) is 87.4 Å². The molecule has 0 aliphatic heterocycles. The molecule has 0 unspecified atom stereocenters. The summed E-state index contributed by atoms with van der Waals surface area (Å²) >= 11 is 12.4. The van der Waals surface area contributed by atoms with Gasteiger partial charge in [-0.25, -0.2) is 5.43 Å². The topological polar surface area (TPSA) is 85.9 Å². The number of hydrazone groups is 1. The molecule has 0 heterocycles. The smallest absolute Gasteiger partial charge is 0.273 e. The zero-order valence-electron chi connectivity index (χ0n) is 16.1. The Bertz CT molecular complexity index is 1070. The lowest BCUT2D eigenvalue weighted by Gasteiger charge is -2.13. The lowest BCUT2D eigenvalue weighted by atomic mass is 10.2. The van der Waals surface area contributed by atoms with Crippen LogP contribution < -0.4 is 20.6 Å². The SMILES string of the molecule is COc1cc(/C=N/NC(=O)c2ccccc2N)ccc1OCc1c(Cl)cccc1Cl. The standard InChI is InChI=1S/C22H19Cl2N3O3/c1-29-21-11-14(12-26-27-22(28)15-5-2-3-8-19(15)25)9-10-20(21)30-13-16-17(23)6-4-7-18(16)24/h2-12H,13,25H2,1H3,(H,27,28)/b26-12+. The van der Waals surface area contributed by atoms with E-state index >= 15 is 0 Å². The number of anilines is 1. The van der Waals surface area contributed by atoms with E-state index < -0.39 is 5.91 Å². The fourth-order valence-electron chi connectivity index (χ4n) is 2.63. The number of benzene rings is 3. The molecule has 0 saturated heterocycles. The predicted molar refractivity (Wildman–Crippen MR) is 120 cm³/mol. The van der Waals surface area contributed by atoms with Crippen LogP contribution in [0.2, 0.25) is 10.0 Å². The number of carbonyl (C=O) groups excluding carboxylic acids is 1. The van der Waals surface area contributed by atoms with Crippen LogP contribution in [-0.2, 0) is 6.61 Å². The maximum atomic E-state index is 12.1. The number of nitrogens with two attached hydrogens (primary N) is 1. The molecule has 0 aliphatic carbocycles. The number of para-hydroxylation sites is 1. The summed E-state index contributed by atoms with van der Waals surface area (Å²) in [5, 5.41) is 5.03. The minimum atomic E-state index is -0.395. The summed E-state index contributed by atoms with van der Waals surface area (Å²) in [6.45, 7) is 0.191. The first-order chi connectivity index (χ1) is 14.5. The summed E-state index contributed by atoms with van der Waals surface area (Å²) in [6.07, 6.45) is 1.49. The molecule has 154 valence electrons. The Hall–Kier alpha value is -3.22. The molecular weight excluding hydrogens is 425 g/mol. The average Bonchev–Trinajstić information content (AvgIpc) is 2.74. The number of nitrogens with one attached hydrogen (secondary N) is 1. The van der Waals surface area contributed by atoms with Crippen LogP contribution in [0.1, 0.15) is 21.5 Å². The number of amides is 1. The highest BCUT2D eigenvalue weighted by Gasteiger charge is 2.10. The van der Waals surface area contributed by atoms with Crippen molar-refractivity contribution >= 4 is 41.0 Å². The van der Waals surface area contributed by atoms with Gasteiger partial charge in [-0.3, -0.25) is 4.79 Å². The monoisotopic (exact) mass is 443 g/mol. The van der Waals surface area contributed by atoms with Gasteiger partial charge in [0.1, 0.15) is 6.61 Å². The predicted octanol–water partition coefficient (Wildman–Crippen LogP) is 4.93. The van der Waals surface area contributed by atoms with Crippen molar-refractivity contribution in [3.8, 4) is 11.5 Å². The first kappa shape index (κ1) is 21.5. The van der Waals surface area contributed by atoms with E-state index in [9.17, 15) is 4.79 Å². The molecule has 0 radical (unpaired) electrons. The molecule has 0 atom stereocenters. The summed E-state index contributed by atoms with van der Waals surface area (Å²) in [5.74, 6) is 0.625. The summed E-state index contributed by atoms with van der Waals surface area (Å²) in [7, 11) is 1.53. The Labute approximate surface area is 184 Å². The molecule has 1 amide bonds. The van der Waals surface area contributed by atoms with E-state index in [1.54, 1.807) is 60.7 Å². The third-order valence-corrected chi connectivity index (χ3v) is 4.91. The number of halogens is 2. The van der Waals surface area contributed by atoms with Crippen LogP contribution >= 0.6 is 23.2 Å². The Morgan fingerprint density at radius 1 is 1.07 bits per heavy atom. The number of rotatable bonds is 7. The molecule has 0 aromatic heterocycles. The molecule has 0 spiro atoms. The van der Waals surface area contributed by atoms with E-state index in [1.165, 1.54) is 13.3 Å². The lowest BCUT2D eigenvalue weighted by molar-refractivity contribution is 0.0956. The summed E-state index contributed by atoms with van der Waals surface area (Å²) in [5.41, 5.74) is 10.4. The quantitative estimate of drug-likeness (QED) is 0.308. The number of methoxy groups -OCH3 is 1. The highest BCUT2D eigenvalue weighted by Crippen LogP contribution is 2.31. The maximum absolute atomic E-state index is 12.1. The van der Waals surface area contributed by atoms with Crippen LogP contribution in [0.4, 0.5) is 5.69 Å². The van der Waals surface area contributed by atoms with Gasteiger partial charge in [0.05, 0.1) is 18.9 Å². The van der Waals surface area contributed by atoms with Gasteiger partial charge in [0.2, 0.25) is 0 Å². The number of hydrogen-bond acceptors (Lipinski definition) is 5. The molecular formula is C22H19Cl2N3O3. The minimum Gasteiger partial charge on any atom is -0.493 e. The summed E-state index contributed by atoms with van der Waals surface area (Å²) < 4.78 is 11.2. The number of carbonyl (C=O) groups is 1. The molecule has 3 N–H and O–H groups in total. The van der Waals surface area contributed by atoms with Crippen LogP contribution in [0, 0.1) is 0 Å². The number of nitrogen functional groups attached to an aromatic ring is 1. The molecule has 0 saturated carbocycles. The van der Waals surface area contributed by atoms with Crippen molar-refractivity contribution < 1.29 is 14.3 Å². The van der Waals surface area contributed by atoms with Gasteiger partial charge >= 0.3 is 0 Å². The molecule has 3 aromatic carbocycles. The Morgan fingerprint density at radius 2 is 1.80 bits per heavy atom. The fraction of sp³-hybridized carbons (Fsp3) is 0.0909. The molecule has 6 nitrogen and oxygen atoms in total. The van der Waals surface area contributed by atoms with Gasteiger partial charge in [0.25, 0.3) is 5.91 Å². The van der Waals surface area contributed by atoms with Gasteiger partial charge in [-0.1, -0.05) is 41.4 Å². The van der Waals surface area contributed by atoms with Crippen molar-refractivity contribution in [1.29, 1.82) is 0 Å². The largest absolute Gasteiger partial charge is 0.493 e. The first-order valence-corrected chi connectivity index (χ1v) is 9.67. The van der Waals surface area contributed by atoms with E-state index in [-0.39, 0.29) is 6.61 Å². The van der Waals surface area contributed by atoms with E-state index in [4.69, 9.17) is 38.4 Å². The van der Waals surface area contributed by atoms with E-state index in [2.05, 4.69) is 10.5 Å². The second-order valence-electron chi connectivity index (χ2n) is 6.19. The molecule has 3 aromatic rings. The molecule has 0 bridgehead atoms. The third-order valence-electron chi connectivity index (χ3n) is 4.21. The molecule has 3 rings (SSSR count). The molecule has 0 fully saturated rings. The zero-order chi connectivity index (χ0) is 21.5. The fourth-order valence-corrected chi connectivity index (χ4v) is 3.14. The van der Waals surface area contributed by atoms with Crippen molar-refractivity contribution in [2.75, 3.05) is 12.8 Å². The van der Waals surface area contributed by atoms with Gasteiger partial charge in [-0.2, -0.15) is 5.10 Å². The minimum absolute atomic E-state index is 0.191. The van der Waals surface area contributed by atoms with Gasteiger partial charge in [-0.15, -0.1) is 0 Å². The number of ether oxygens (including phenoxy) is 2. The van der Waals surface area contributed by atoms with Crippen LogP contribution in [0.3, 0.4) is 0 Å². The van der Waals surface area contributed by atoms with Crippen LogP contribution in [0.5, 0.6) is 11.5 Å². The van der Waals surface area contributed by atoms with Gasteiger partial charge in [0.15, 0.2) is 11.5 Å². The van der Waals surface area contributed by atoms with Crippen molar-refractivity contribution in [3.63, 3.8) is 0 Å². The highest BCUT2D eigenvalue weighted by molar-refractivity contribution is 6.35.